The predicted octanol–water partition coefficient (Wildman–Crippen LogP) is 2.64. The zero-order valence-electron chi connectivity index (χ0n) is 17.5. The largest absolute Gasteiger partial charge is 0.491 e. The Morgan fingerprint density at radius 2 is 1.75 bits per heavy atom. The highest BCUT2D eigenvalue weighted by Gasteiger charge is 2.09. The molecule has 7 heteroatoms. The highest BCUT2D eigenvalue weighted by molar-refractivity contribution is 7.95. The normalized spacial score (nSPS) is 10.5. The van der Waals surface area contributed by atoms with Crippen molar-refractivity contribution in [3.8, 4) is 5.75 Å². The van der Waals surface area contributed by atoms with Gasteiger partial charge in [0.1, 0.15) is 24.2 Å². The molecular formula is C21H36NO5S+. The fourth-order valence-electron chi connectivity index (χ4n) is 1.65. The minimum atomic E-state index is -0.642. The van der Waals surface area contributed by atoms with Crippen LogP contribution in [0.2, 0.25) is 0 Å². The second-order valence-electron chi connectivity index (χ2n) is 5.61. The Bertz CT molecular complexity index is 514. The Balaban J connectivity index is 0. The van der Waals surface area contributed by atoms with E-state index in [4.69, 9.17) is 14.6 Å². The fourth-order valence-corrected chi connectivity index (χ4v) is 2.24. The lowest BCUT2D eigenvalue weighted by Crippen LogP contribution is -2.23. The molecule has 160 valence electrons. The molecule has 0 saturated heterocycles. The number of hydrogen-bond acceptors (Lipinski definition) is 5. The van der Waals surface area contributed by atoms with Gasteiger partial charge in [0.05, 0.1) is 25.5 Å². The quantitative estimate of drug-likeness (QED) is 0.383. The van der Waals surface area contributed by atoms with Crippen molar-refractivity contribution >= 4 is 22.5 Å². The minimum absolute atomic E-state index is 0.0296. The molecule has 0 heterocycles. The van der Waals surface area contributed by atoms with Crippen LogP contribution < -0.4 is 10.1 Å². The number of nitrogens with one attached hydrogen (secondary N) is 1. The van der Waals surface area contributed by atoms with E-state index in [-0.39, 0.29) is 30.0 Å². The van der Waals surface area contributed by atoms with Crippen molar-refractivity contribution in [2.45, 2.75) is 19.4 Å². The first-order valence-corrected chi connectivity index (χ1v) is 11.1. The molecular weight excluding hydrogens is 378 g/mol. The van der Waals surface area contributed by atoms with Crippen molar-refractivity contribution in [3.05, 3.63) is 49.6 Å². The van der Waals surface area contributed by atoms with Crippen LogP contribution in [0.1, 0.15) is 13.3 Å². The zero-order valence-corrected chi connectivity index (χ0v) is 18.3. The van der Waals surface area contributed by atoms with Crippen LogP contribution in [-0.2, 0) is 20.4 Å². The maximum atomic E-state index is 11.7. The summed E-state index contributed by atoms with van der Waals surface area (Å²) in [4.78, 5) is 11.7. The van der Waals surface area contributed by atoms with Gasteiger partial charge in [0.15, 0.2) is 0 Å². The molecule has 1 amide bonds. The van der Waals surface area contributed by atoms with Crippen LogP contribution >= 0.6 is 0 Å². The molecule has 0 bridgehead atoms. The van der Waals surface area contributed by atoms with Gasteiger partial charge >= 0.3 is 0 Å². The molecule has 1 atom stereocenters. The van der Waals surface area contributed by atoms with Crippen molar-refractivity contribution in [2.24, 2.45) is 0 Å². The summed E-state index contributed by atoms with van der Waals surface area (Å²) in [6.45, 7) is 9.62. The van der Waals surface area contributed by atoms with E-state index in [9.17, 15) is 9.90 Å². The van der Waals surface area contributed by atoms with Crippen LogP contribution in [0.3, 0.4) is 0 Å². The van der Waals surface area contributed by atoms with Crippen LogP contribution in [0.25, 0.3) is 0 Å². The Morgan fingerprint density at radius 1 is 1.18 bits per heavy atom. The van der Waals surface area contributed by atoms with E-state index < -0.39 is 6.10 Å². The van der Waals surface area contributed by atoms with Gasteiger partial charge in [-0.15, -0.1) is 0 Å². The van der Waals surface area contributed by atoms with Crippen molar-refractivity contribution < 1.29 is 24.5 Å². The first kappa shape index (κ1) is 28.4. The number of ether oxygens (including phenoxy) is 2. The molecule has 6 nitrogen and oxygen atoms in total. The predicted molar refractivity (Wildman–Crippen MR) is 120 cm³/mol. The molecule has 0 aliphatic rings. The van der Waals surface area contributed by atoms with E-state index in [2.05, 4.69) is 31.0 Å². The maximum absolute atomic E-state index is 11.7. The Labute approximate surface area is 172 Å². The van der Waals surface area contributed by atoms with Gasteiger partial charge in [-0.2, -0.15) is 0 Å². The third-order valence-corrected chi connectivity index (χ3v) is 4.02. The van der Waals surface area contributed by atoms with Gasteiger partial charge in [-0.25, -0.2) is 0 Å². The van der Waals surface area contributed by atoms with Gasteiger partial charge in [0.2, 0.25) is 5.91 Å². The summed E-state index contributed by atoms with van der Waals surface area (Å²) in [7, 11) is 1.28. The third kappa shape index (κ3) is 17.6. The Hall–Kier alpha value is -1.80. The lowest BCUT2D eigenvalue weighted by atomic mass is 10.3. The Morgan fingerprint density at radius 3 is 2.21 bits per heavy atom. The smallest absolute Gasteiger partial charge is 0.229 e. The second kappa shape index (κ2) is 19.9. The SMILES string of the molecule is C=CC=C.CCOCC(O)COc1ccc(NC(=O)CC[S+](C)C)cc1.CO. The van der Waals surface area contributed by atoms with E-state index >= 15 is 0 Å². The average molecular weight is 415 g/mol. The van der Waals surface area contributed by atoms with Crippen molar-refractivity contribution in [1.29, 1.82) is 0 Å². The molecule has 0 aliphatic carbocycles. The lowest BCUT2D eigenvalue weighted by molar-refractivity contribution is -0.115. The van der Waals surface area contributed by atoms with Gasteiger partial charge < -0.3 is 25.0 Å². The summed E-state index contributed by atoms with van der Waals surface area (Å²) in [5, 5.41) is 19.5. The van der Waals surface area contributed by atoms with Gasteiger partial charge in [-0.3, -0.25) is 4.79 Å². The van der Waals surface area contributed by atoms with Crippen molar-refractivity contribution in [1.82, 2.24) is 0 Å². The summed E-state index contributed by atoms with van der Waals surface area (Å²) in [6.07, 6.45) is 7.42. The maximum Gasteiger partial charge on any atom is 0.229 e. The summed E-state index contributed by atoms with van der Waals surface area (Å²) < 4.78 is 10.6. The number of amides is 1. The van der Waals surface area contributed by atoms with Gasteiger partial charge in [-0.1, -0.05) is 25.3 Å². The number of aliphatic hydroxyl groups excluding tert-OH is 2. The number of anilines is 1. The van der Waals surface area contributed by atoms with E-state index in [1.54, 1.807) is 36.4 Å². The summed E-state index contributed by atoms with van der Waals surface area (Å²) in [5.41, 5.74) is 0.749. The molecule has 0 fully saturated rings. The molecule has 0 radical (unpaired) electrons. The van der Waals surface area contributed by atoms with E-state index in [1.807, 2.05) is 6.92 Å². The molecule has 0 aromatic heterocycles. The number of benzene rings is 1. The first-order chi connectivity index (χ1) is 13.4. The lowest BCUT2D eigenvalue weighted by Gasteiger charge is -2.12. The number of carbonyl (C=O) groups excluding carboxylic acids is 1. The van der Waals surface area contributed by atoms with Crippen molar-refractivity contribution in [3.63, 3.8) is 0 Å². The number of rotatable bonds is 11. The van der Waals surface area contributed by atoms with E-state index in [0.717, 1.165) is 18.6 Å². The fraction of sp³-hybridized carbons (Fsp3) is 0.476. The third-order valence-electron chi connectivity index (χ3n) is 3.00. The molecule has 1 aromatic rings. The zero-order chi connectivity index (χ0) is 21.8. The molecule has 1 aromatic carbocycles. The van der Waals surface area contributed by atoms with Crippen LogP contribution in [0.4, 0.5) is 5.69 Å². The minimum Gasteiger partial charge on any atom is -0.491 e. The summed E-state index contributed by atoms with van der Waals surface area (Å²) >= 11 is 0. The van der Waals surface area contributed by atoms with Gasteiger partial charge in [0.25, 0.3) is 0 Å². The molecule has 1 rings (SSSR count). The van der Waals surface area contributed by atoms with E-state index in [1.165, 1.54) is 0 Å². The second-order valence-corrected chi connectivity index (χ2v) is 7.99. The van der Waals surface area contributed by atoms with Crippen LogP contribution in [0.15, 0.2) is 49.6 Å². The van der Waals surface area contributed by atoms with E-state index in [0.29, 0.717) is 18.8 Å². The molecule has 1 unspecified atom stereocenters. The average Bonchev–Trinajstić information content (AvgIpc) is 2.71. The topological polar surface area (TPSA) is 88.0 Å². The summed E-state index contributed by atoms with van der Waals surface area (Å²) in [6, 6.07) is 7.13. The highest BCUT2D eigenvalue weighted by Crippen LogP contribution is 2.16. The number of aliphatic hydroxyl groups is 2. The van der Waals surface area contributed by atoms with Crippen LogP contribution in [0.5, 0.6) is 5.75 Å². The Kier molecular flexibility index (Phi) is 20.2. The highest BCUT2D eigenvalue weighted by atomic mass is 32.2. The monoisotopic (exact) mass is 414 g/mol. The molecule has 0 aliphatic heterocycles. The number of allylic oxidation sites excluding steroid dienone is 2. The van der Waals surface area contributed by atoms with Crippen LogP contribution in [-0.4, -0.2) is 67.4 Å². The van der Waals surface area contributed by atoms with Crippen LogP contribution in [0, 0.1) is 0 Å². The molecule has 0 saturated carbocycles. The van der Waals surface area contributed by atoms with Crippen molar-refractivity contribution in [2.75, 3.05) is 50.5 Å². The summed E-state index contributed by atoms with van der Waals surface area (Å²) in [5.74, 6) is 1.59. The molecule has 3 N–H and O–H groups in total. The van der Waals surface area contributed by atoms with Gasteiger partial charge in [-0.05, 0) is 42.1 Å². The standard InChI is InChI=1S/C16H25NO4S.C4H6.CH4O/c1-4-20-11-14(18)12-21-15-7-5-13(6-8-15)17-16(19)9-10-22(2)3;1-3-4-2;1-2/h5-8,14,18H,4,9-12H2,1-3H3;3-4H,1-2H2;2H,1H3/p+1. The molecule has 0 spiro atoms. The van der Waals surface area contributed by atoms with Gasteiger partial charge in [0, 0.05) is 19.4 Å². The molecule has 28 heavy (non-hydrogen) atoms. The number of carbonyl (C=O) groups is 1. The number of hydrogen-bond donors (Lipinski definition) is 3. The first-order valence-electron chi connectivity index (χ1n) is 8.93.